The molecule has 1 aromatic rings. The highest BCUT2D eigenvalue weighted by Gasteiger charge is 2.28. The lowest BCUT2D eigenvalue weighted by Gasteiger charge is -2.40. The third-order valence-electron chi connectivity index (χ3n) is 4.15. The summed E-state index contributed by atoms with van der Waals surface area (Å²) >= 11 is 2.03. The highest BCUT2D eigenvalue weighted by atomic mass is 32.2. The number of hydrogen-bond acceptors (Lipinski definition) is 3. The smallest absolute Gasteiger partial charge is 0.0368 e. The van der Waals surface area contributed by atoms with Crippen LogP contribution in [-0.2, 0) is 0 Å². The van der Waals surface area contributed by atoms with Crippen molar-refractivity contribution in [3.63, 3.8) is 0 Å². The summed E-state index contributed by atoms with van der Waals surface area (Å²) < 4.78 is 0. The molecule has 0 N–H and O–H groups in total. The van der Waals surface area contributed by atoms with E-state index in [0.717, 1.165) is 0 Å². The van der Waals surface area contributed by atoms with E-state index in [2.05, 4.69) is 42.0 Å². The van der Waals surface area contributed by atoms with Gasteiger partial charge in [-0.25, -0.2) is 0 Å². The Morgan fingerprint density at radius 3 is 2.72 bits per heavy atom. The number of aryl methyl sites for hydroxylation is 1. The van der Waals surface area contributed by atoms with Crippen LogP contribution in [0.1, 0.15) is 23.6 Å². The van der Waals surface area contributed by atoms with Gasteiger partial charge in [0, 0.05) is 37.1 Å². The van der Waals surface area contributed by atoms with Crippen LogP contribution in [-0.4, -0.2) is 48.8 Å². The summed E-state index contributed by atoms with van der Waals surface area (Å²) in [6.45, 7) is 7.08. The Hall–Kier alpha value is -0.510. The van der Waals surface area contributed by atoms with Gasteiger partial charge >= 0.3 is 0 Å². The van der Waals surface area contributed by atoms with Crippen molar-refractivity contribution in [1.29, 1.82) is 0 Å². The van der Waals surface area contributed by atoms with Gasteiger partial charge in [-0.05, 0) is 37.8 Å². The summed E-state index contributed by atoms with van der Waals surface area (Å²) in [7, 11) is 2.23. The number of rotatable bonds is 1. The van der Waals surface area contributed by atoms with E-state index in [9.17, 15) is 0 Å². The van der Waals surface area contributed by atoms with E-state index in [0.29, 0.717) is 6.04 Å². The molecule has 1 fully saturated rings. The van der Waals surface area contributed by atoms with Gasteiger partial charge in [0.05, 0.1) is 0 Å². The first-order valence-electron chi connectivity index (χ1n) is 6.90. The summed E-state index contributed by atoms with van der Waals surface area (Å²) in [5, 5.41) is 0. The van der Waals surface area contributed by atoms with E-state index in [4.69, 9.17) is 0 Å². The average molecular weight is 262 g/mol. The fraction of sp³-hybridized carbons (Fsp3) is 0.600. The molecule has 2 nitrogen and oxygen atoms in total. The zero-order valence-electron chi connectivity index (χ0n) is 11.4. The number of nitrogens with zero attached hydrogens (tertiary/aromatic N) is 2. The maximum absolute atomic E-state index is 2.69. The first kappa shape index (κ1) is 12.5. The fourth-order valence-electron chi connectivity index (χ4n) is 3.01. The maximum atomic E-state index is 2.69. The number of hydrogen-bond donors (Lipinski definition) is 0. The van der Waals surface area contributed by atoms with E-state index < -0.39 is 0 Å². The van der Waals surface area contributed by atoms with Crippen molar-refractivity contribution in [1.82, 2.24) is 9.80 Å². The van der Waals surface area contributed by atoms with Crippen molar-refractivity contribution in [3.8, 4) is 0 Å². The van der Waals surface area contributed by atoms with Crippen molar-refractivity contribution in [2.75, 3.05) is 39.0 Å². The van der Waals surface area contributed by atoms with Crippen molar-refractivity contribution in [3.05, 3.63) is 29.3 Å². The largest absolute Gasteiger partial charge is 0.304 e. The molecule has 1 saturated heterocycles. The number of benzene rings is 1. The van der Waals surface area contributed by atoms with Crippen LogP contribution in [0.5, 0.6) is 0 Å². The van der Waals surface area contributed by atoms with E-state index in [-0.39, 0.29) is 0 Å². The standard InChI is InChI=1S/C15H22N2S/c1-12-3-4-15-13(11-12)14(5-10-18-15)17-8-6-16(2)7-9-17/h3-4,11,14H,5-10H2,1-2H3. The molecule has 98 valence electrons. The Kier molecular flexibility index (Phi) is 3.64. The number of thioether (sulfide) groups is 1. The molecule has 1 unspecified atom stereocenters. The molecule has 18 heavy (non-hydrogen) atoms. The van der Waals surface area contributed by atoms with E-state index in [1.807, 2.05) is 11.8 Å². The molecular formula is C15H22N2S. The average Bonchev–Trinajstić information content (AvgIpc) is 2.39. The Balaban J connectivity index is 1.84. The topological polar surface area (TPSA) is 6.48 Å². The van der Waals surface area contributed by atoms with Gasteiger partial charge in [0.25, 0.3) is 0 Å². The first-order valence-corrected chi connectivity index (χ1v) is 7.88. The van der Waals surface area contributed by atoms with Gasteiger partial charge in [0.1, 0.15) is 0 Å². The summed E-state index contributed by atoms with van der Waals surface area (Å²) in [4.78, 5) is 6.64. The quantitative estimate of drug-likeness (QED) is 0.768. The lowest BCUT2D eigenvalue weighted by molar-refractivity contribution is 0.107. The first-order chi connectivity index (χ1) is 8.74. The van der Waals surface area contributed by atoms with Crippen LogP contribution in [0.4, 0.5) is 0 Å². The van der Waals surface area contributed by atoms with Gasteiger partial charge in [-0.3, -0.25) is 4.90 Å². The van der Waals surface area contributed by atoms with Gasteiger partial charge in [-0.1, -0.05) is 17.7 Å². The molecule has 2 aliphatic heterocycles. The summed E-state index contributed by atoms with van der Waals surface area (Å²) in [6, 6.07) is 7.63. The minimum absolute atomic E-state index is 0.662. The Morgan fingerprint density at radius 2 is 1.94 bits per heavy atom. The number of likely N-dealkylation sites (N-methyl/N-ethyl adjacent to an activating group) is 1. The molecule has 1 atom stereocenters. The lowest BCUT2D eigenvalue weighted by Crippen LogP contribution is -2.46. The predicted molar refractivity (Wildman–Crippen MR) is 78.3 cm³/mol. The van der Waals surface area contributed by atoms with Gasteiger partial charge in [0.2, 0.25) is 0 Å². The van der Waals surface area contributed by atoms with Crippen molar-refractivity contribution >= 4 is 11.8 Å². The van der Waals surface area contributed by atoms with Crippen LogP contribution in [0.25, 0.3) is 0 Å². The van der Waals surface area contributed by atoms with E-state index in [1.165, 1.54) is 48.8 Å². The Morgan fingerprint density at radius 1 is 1.17 bits per heavy atom. The summed E-state index contributed by atoms with van der Waals surface area (Å²) in [5.74, 6) is 1.27. The van der Waals surface area contributed by atoms with Crippen LogP contribution in [0, 0.1) is 6.92 Å². The molecule has 0 spiro atoms. The second kappa shape index (κ2) is 5.24. The highest BCUT2D eigenvalue weighted by Crippen LogP contribution is 2.39. The van der Waals surface area contributed by atoms with Gasteiger partial charge in [-0.15, -0.1) is 11.8 Å². The lowest BCUT2D eigenvalue weighted by atomic mass is 9.99. The molecule has 3 heteroatoms. The Bertz CT molecular complexity index is 425. The zero-order chi connectivity index (χ0) is 12.5. The second-order valence-electron chi connectivity index (χ2n) is 5.53. The molecule has 0 saturated carbocycles. The molecule has 0 radical (unpaired) electrons. The third kappa shape index (κ3) is 2.44. The van der Waals surface area contributed by atoms with Crippen molar-refractivity contribution in [2.45, 2.75) is 24.3 Å². The number of piperazine rings is 1. The second-order valence-corrected chi connectivity index (χ2v) is 6.67. The van der Waals surface area contributed by atoms with Crippen LogP contribution in [0.2, 0.25) is 0 Å². The van der Waals surface area contributed by atoms with Crippen LogP contribution < -0.4 is 0 Å². The monoisotopic (exact) mass is 262 g/mol. The van der Waals surface area contributed by atoms with Crippen molar-refractivity contribution in [2.24, 2.45) is 0 Å². The van der Waals surface area contributed by atoms with Gasteiger partial charge in [-0.2, -0.15) is 0 Å². The summed E-state index contributed by atoms with van der Waals surface area (Å²) in [6.07, 6.45) is 1.31. The molecule has 0 bridgehead atoms. The minimum atomic E-state index is 0.662. The molecule has 1 aromatic carbocycles. The van der Waals surface area contributed by atoms with Crippen molar-refractivity contribution < 1.29 is 0 Å². The molecule has 3 rings (SSSR count). The van der Waals surface area contributed by atoms with Gasteiger partial charge in [0.15, 0.2) is 0 Å². The van der Waals surface area contributed by atoms with E-state index >= 15 is 0 Å². The molecule has 0 amide bonds. The summed E-state index contributed by atoms with van der Waals surface area (Å²) in [5.41, 5.74) is 2.98. The predicted octanol–water partition coefficient (Wildman–Crippen LogP) is 2.78. The molecular weight excluding hydrogens is 240 g/mol. The van der Waals surface area contributed by atoms with Crippen LogP contribution in [0.3, 0.4) is 0 Å². The Labute approximate surface area is 114 Å². The fourth-order valence-corrected chi connectivity index (χ4v) is 4.10. The maximum Gasteiger partial charge on any atom is 0.0368 e. The van der Waals surface area contributed by atoms with Crippen LogP contribution >= 0.6 is 11.8 Å². The molecule has 2 aliphatic rings. The molecule has 0 aromatic heterocycles. The van der Waals surface area contributed by atoms with E-state index in [1.54, 1.807) is 5.56 Å². The zero-order valence-corrected chi connectivity index (χ0v) is 12.2. The van der Waals surface area contributed by atoms with Gasteiger partial charge < -0.3 is 4.90 Å². The highest BCUT2D eigenvalue weighted by molar-refractivity contribution is 7.99. The normalized spacial score (nSPS) is 26.0. The van der Waals surface area contributed by atoms with Crippen LogP contribution in [0.15, 0.2) is 23.1 Å². The number of fused-ring (bicyclic) bond motifs is 1. The molecule has 2 heterocycles. The third-order valence-corrected chi connectivity index (χ3v) is 5.27. The molecule has 0 aliphatic carbocycles. The SMILES string of the molecule is Cc1ccc2c(c1)C(N1CCN(C)CC1)CCS2. The minimum Gasteiger partial charge on any atom is -0.304 e.